The van der Waals surface area contributed by atoms with Gasteiger partial charge in [-0.15, -0.1) is 11.8 Å². The molecule has 0 spiro atoms. The number of sulfonamides is 1. The summed E-state index contributed by atoms with van der Waals surface area (Å²) in [6.45, 7) is 2.03. The Morgan fingerprint density at radius 2 is 2.03 bits per heavy atom. The Morgan fingerprint density at radius 3 is 2.76 bits per heavy atom. The van der Waals surface area contributed by atoms with E-state index in [9.17, 15) is 18.0 Å². The average Bonchev–Trinajstić information content (AvgIpc) is 3.42. The van der Waals surface area contributed by atoms with E-state index in [-0.39, 0.29) is 35.1 Å². The van der Waals surface area contributed by atoms with Gasteiger partial charge in [0, 0.05) is 31.1 Å². The molecule has 1 aromatic rings. The van der Waals surface area contributed by atoms with Crippen LogP contribution >= 0.6 is 11.8 Å². The van der Waals surface area contributed by atoms with E-state index >= 15 is 0 Å². The summed E-state index contributed by atoms with van der Waals surface area (Å²) in [5, 5.41) is 2.82. The molecule has 1 atom stereocenters. The van der Waals surface area contributed by atoms with Crippen LogP contribution in [0, 0.1) is 0 Å². The Labute approximate surface area is 175 Å². The molecular formula is C19H25N3O5S2. The highest BCUT2D eigenvalue weighted by atomic mass is 32.2. The van der Waals surface area contributed by atoms with Crippen molar-refractivity contribution in [2.24, 2.45) is 0 Å². The highest BCUT2D eigenvalue weighted by molar-refractivity contribution is 8.00. The van der Waals surface area contributed by atoms with Crippen LogP contribution in [0.5, 0.6) is 0 Å². The summed E-state index contributed by atoms with van der Waals surface area (Å²) < 4.78 is 32.8. The number of nitrogens with one attached hydrogen (secondary N) is 1. The van der Waals surface area contributed by atoms with Crippen LogP contribution < -0.4 is 10.2 Å². The van der Waals surface area contributed by atoms with E-state index in [2.05, 4.69) is 5.32 Å². The third kappa shape index (κ3) is 4.45. The van der Waals surface area contributed by atoms with Crippen LogP contribution in [0.4, 0.5) is 5.69 Å². The van der Waals surface area contributed by atoms with Crippen molar-refractivity contribution >= 4 is 39.3 Å². The van der Waals surface area contributed by atoms with Gasteiger partial charge in [0.1, 0.15) is 6.54 Å². The van der Waals surface area contributed by atoms with Crippen molar-refractivity contribution in [1.29, 1.82) is 0 Å². The van der Waals surface area contributed by atoms with E-state index in [4.69, 9.17) is 4.74 Å². The average molecular weight is 440 g/mol. The molecule has 4 rings (SSSR count). The third-order valence-electron chi connectivity index (χ3n) is 5.43. The molecule has 158 valence electrons. The fraction of sp³-hybridized carbons (Fsp3) is 0.579. The summed E-state index contributed by atoms with van der Waals surface area (Å²) in [6.07, 6.45) is 3.64. The molecule has 1 aromatic carbocycles. The molecule has 3 heterocycles. The van der Waals surface area contributed by atoms with E-state index in [0.29, 0.717) is 31.9 Å². The van der Waals surface area contributed by atoms with Crippen LogP contribution in [-0.4, -0.2) is 69.2 Å². The Balaban J connectivity index is 1.52. The molecule has 2 saturated heterocycles. The topological polar surface area (TPSA) is 96.0 Å². The van der Waals surface area contributed by atoms with Crippen molar-refractivity contribution in [2.75, 3.05) is 43.4 Å². The summed E-state index contributed by atoms with van der Waals surface area (Å²) in [6, 6.07) is 4.85. The zero-order valence-corrected chi connectivity index (χ0v) is 17.8. The Hall–Kier alpha value is -1.62. The van der Waals surface area contributed by atoms with Crippen LogP contribution in [0.25, 0.3) is 0 Å². The molecule has 8 nitrogen and oxygen atoms in total. The van der Waals surface area contributed by atoms with Crippen molar-refractivity contribution in [3.8, 4) is 0 Å². The van der Waals surface area contributed by atoms with Gasteiger partial charge in [-0.05, 0) is 43.9 Å². The van der Waals surface area contributed by atoms with Crippen LogP contribution in [0.3, 0.4) is 0 Å². The lowest BCUT2D eigenvalue weighted by Crippen LogP contribution is -2.44. The predicted octanol–water partition coefficient (Wildman–Crippen LogP) is 1.20. The van der Waals surface area contributed by atoms with Gasteiger partial charge in [-0.3, -0.25) is 9.59 Å². The Kier molecular flexibility index (Phi) is 6.14. The van der Waals surface area contributed by atoms with Gasteiger partial charge in [0.15, 0.2) is 0 Å². The minimum atomic E-state index is -3.59. The van der Waals surface area contributed by atoms with Crippen LogP contribution in [-0.2, 0) is 24.3 Å². The molecule has 0 aromatic heterocycles. The number of benzene rings is 1. The number of carbonyl (C=O) groups excluding carboxylic acids is 2. The lowest BCUT2D eigenvalue weighted by atomic mass is 10.2. The highest BCUT2D eigenvalue weighted by Crippen LogP contribution is 2.37. The Bertz CT molecular complexity index is 893. The zero-order valence-electron chi connectivity index (χ0n) is 16.1. The molecule has 2 amide bonds. The van der Waals surface area contributed by atoms with Crippen LogP contribution in [0.2, 0.25) is 0 Å². The number of amides is 2. The van der Waals surface area contributed by atoms with Crippen molar-refractivity contribution in [3.05, 3.63) is 18.2 Å². The summed E-state index contributed by atoms with van der Waals surface area (Å²) in [5.74, 6) is -0.255. The van der Waals surface area contributed by atoms with Gasteiger partial charge in [-0.2, -0.15) is 4.31 Å². The van der Waals surface area contributed by atoms with Gasteiger partial charge in [0.05, 0.1) is 22.4 Å². The van der Waals surface area contributed by atoms with Gasteiger partial charge in [-0.1, -0.05) is 0 Å². The molecule has 1 N–H and O–H groups in total. The van der Waals surface area contributed by atoms with Crippen LogP contribution in [0.15, 0.2) is 28.0 Å². The summed E-state index contributed by atoms with van der Waals surface area (Å²) in [7, 11) is -3.59. The first-order valence-electron chi connectivity index (χ1n) is 9.91. The van der Waals surface area contributed by atoms with Crippen molar-refractivity contribution in [3.63, 3.8) is 0 Å². The van der Waals surface area contributed by atoms with Gasteiger partial charge in [0.2, 0.25) is 21.8 Å². The summed E-state index contributed by atoms with van der Waals surface area (Å²) in [4.78, 5) is 27.3. The minimum absolute atomic E-state index is 0.0241. The first-order chi connectivity index (χ1) is 13.9. The fourth-order valence-electron chi connectivity index (χ4n) is 3.83. The highest BCUT2D eigenvalue weighted by Gasteiger charge is 2.31. The largest absolute Gasteiger partial charge is 0.376 e. The Morgan fingerprint density at radius 1 is 1.24 bits per heavy atom. The van der Waals surface area contributed by atoms with E-state index in [0.717, 1.165) is 30.6 Å². The molecule has 0 aliphatic carbocycles. The molecular weight excluding hydrogens is 414 g/mol. The van der Waals surface area contributed by atoms with Crippen molar-refractivity contribution < 1.29 is 22.7 Å². The second-order valence-corrected chi connectivity index (χ2v) is 10.4. The number of hydrogen-bond donors (Lipinski definition) is 1. The number of nitrogens with zero attached hydrogens (tertiary/aromatic N) is 2. The van der Waals surface area contributed by atoms with E-state index < -0.39 is 10.0 Å². The SMILES string of the molecule is O=C(CN1C(=O)CSc2ccc(S(=O)(=O)N3CCCC3)cc21)NC[C@H]1CCCO1. The monoisotopic (exact) mass is 439 g/mol. The normalized spacial score (nSPS) is 22.7. The van der Waals surface area contributed by atoms with E-state index in [1.165, 1.54) is 27.0 Å². The van der Waals surface area contributed by atoms with Gasteiger partial charge >= 0.3 is 0 Å². The molecule has 0 bridgehead atoms. The molecule has 10 heteroatoms. The number of rotatable bonds is 6. The second-order valence-electron chi connectivity index (χ2n) is 7.45. The van der Waals surface area contributed by atoms with E-state index in [1.54, 1.807) is 12.1 Å². The summed E-state index contributed by atoms with van der Waals surface area (Å²) in [5.41, 5.74) is 0.485. The molecule has 0 unspecified atom stereocenters. The molecule has 0 radical (unpaired) electrons. The molecule has 3 aliphatic rings. The standard InChI is InChI=1S/C19H25N3O5S2/c23-18(20-11-14-4-3-9-27-14)12-22-16-10-15(5-6-17(16)28-13-19(22)24)29(25,26)21-7-1-2-8-21/h5-6,10,14H,1-4,7-9,11-13H2,(H,20,23)/t14-/m1/s1. The number of hydrogen-bond acceptors (Lipinski definition) is 6. The fourth-order valence-corrected chi connectivity index (χ4v) is 6.28. The second kappa shape index (κ2) is 8.63. The van der Waals surface area contributed by atoms with Crippen molar-refractivity contribution in [2.45, 2.75) is 41.6 Å². The first kappa shape index (κ1) is 20.6. The maximum absolute atomic E-state index is 12.9. The summed E-state index contributed by atoms with van der Waals surface area (Å²) >= 11 is 1.36. The first-order valence-corrected chi connectivity index (χ1v) is 12.3. The quantitative estimate of drug-likeness (QED) is 0.716. The van der Waals surface area contributed by atoms with Gasteiger partial charge in [-0.25, -0.2) is 8.42 Å². The van der Waals surface area contributed by atoms with Gasteiger partial charge in [0.25, 0.3) is 0 Å². The third-order valence-corrected chi connectivity index (χ3v) is 8.37. The minimum Gasteiger partial charge on any atom is -0.376 e. The molecule has 29 heavy (non-hydrogen) atoms. The maximum Gasteiger partial charge on any atom is 0.243 e. The number of carbonyl (C=O) groups is 2. The van der Waals surface area contributed by atoms with Crippen LogP contribution in [0.1, 0.15) is 25.7 Å². The smallest absolute Gasteiger partial charge is 0.243 e. The lowest BCUT2D eigenvalue weighted by Gasteiger charge is -2.29. The number of fused-ring (bicyclic) bond motifs is 1. The number of thioether (sulfide) groups is 1. The molecule has 0 saturated carbocycles. The number of anilines is 1. The molecule has 2 fully saturated rings. The van der Waals surface area contributed by atoms with Gasteiger partial charge < -0.3 is 15.0 Å². The number of ether oxygens (including phenoxy) is 1. The lowest BCUT2D eigenvalue weighted by molar-refractivity contribution is -0.123. The van der Waals surface area contributed by atoms with E-state index in [1.807, 2.05) is 0 Å². The van der Waals surface area contributed by atoms with Crippen molar-refractivity contribution in [1.82, 2.24) is 9.62 Å². The molecule has 3 aliphatic heterocycles. The maximum atomic E-state index is 12.9. The predicted molar refractivity (Wildman–Crippen MR) is 109 cm³/mol. The zero-order chi connectivity index (χ0) is 20.4.